The molecule has 0 aromatic rings. The Labute approximate surface area is 179 Å². The van der Waals surface area contributed by atoms with E-state index in [1.807, 2.05) is 19.2 Å². The number of carbonyl (C=O) groups excluding carboxylic acids is 1. The highest BCUT2D eigenvalue weighted by atomic mass is 16.6. The minimum atomic E-state index is -1.48. The molecule has 2 N–H and O–H groups in total. The van der Waals surface area contributed by atoms with Crippen LogP contribution in [0.25, 0.3) is 0 Å². The Balaban J connectivity index is 3.25. The van der Waals surface area contributed by atoms with Gasteiger partial charge in [0.2, 0.25) is 0 Å². The van der Waals surface area contributed by atoms with Crippen LogP contribution in [0.1, 0.15) is 85.5 Å². The smallest absolute Gasteiger partial charge is 0.339 e. The predicted octanol–water partition coefficient (Wildman–Crippen LogP) is 5.41. The maximum absolute atomic E-state index is 13.6. The van der Waals surface area contributed by atoms with E-state index in [-0.39, 0.29) is 23.4 Å². The number of esters is 1. The van der Waals surface area contributed by atoms with Crippen LogP contribution in [0.3, 0.4) is 0 Å². The Hall–Kier alpha value is -1.13. The van der Waals surface area contributed by atoms with Crippen LogP contribution in [0.4, 0.5) is 0 Å². The second-order valence-electron chi connectivity index (χ2n) is 9.37. The van der Waals surface area contributed by atoms with Crippen LogP contribution >= 0.6 is 0 Å². The first-order valence-electron chi connectivity index (χ1n) is 11.6. The summed E-state index contributed by atoms with van der Waals surface area (Å²) in [5, 5.41) is 15.1. The van der Waals surface area contributed by atoms with Crippen molar-refractivity contribution < 1.29 is 14.6 Å². The highest BCUT2D eigenvalue weighted by Crippen LogP contribution is 2.41. The van der Waals surface area contributed by atoms with Gasteiger partial charge in [0.15, 0.2) is 5.60 Å². The van der Waals surface area contributed by atoms with Crippen molar-refractivity contribution in [3.8, 4) is 0 Å². The molecule has 0 aromatic carbocycles. The summed E-state index contributed by atoms with van der Waals surface area (Å²) in [5.74, 6) is -0.758. The summed E-state index contributed by atoms with van der Waals surface area (Å²) in [6.07, 6.45) is 13.9. The first kappa shape index (κ1) is 25.9. The summed E-state index contributed by atoms with van der Waals surface area (Å²) in [7, 11) is 1.88. The van der Waals surface area contributed by atoms with Gasteiger partial charge in [-0.15, -0.1) is 0 Å². The average Bonchev–Trinajstić information content (AvgIpc) is 2.70. The Kier molecular flexibility index (Phi) is 11.2. The van der Waals surface area contributed by atoms with E-state index in [1.54, 1.807) is 6.08 Å². The van der Waals surface area contributed by atoms with Crippen LogP contribution in [0.5, 0.6) is 0 Å². The van der Waals surface area contributed by atoms with Gasteiger partial charge in [-0.1, -0.05) is 84.6 Å². The third kappa shape index (κ3) is 6.96. The van der Waals surface area contributed by atoms with Gasteiger partial charge in [-0.25, -0.2) is 4.79 Å². The molecule has 1 aliphatic carbocycles. The molecule has 0 saturated heterocycles. The lowest BCUT2D eigenvalue weighted by atomic mass is 9.69. The summed E-state index contributed by atoms with van der Waals surface area (Å²) in [6, 6.07) is 0. The maximum Gasteiger partial charge on any atom is 0.339 e. The van der Waals surface area contributed by atoms with E-state index in [2.05, 4.69) is 39.6 Å². The number of hydrogen-bond acceptors (Lipinski definition) is 4. The molecule has 3 atom stereocenters. The van der Waals surface area contributed by atoms with Crippen LogP contribution in [0.2, 0.25) is 0 Å². The molecule has 29 heavy (non-hydrogen) atoms. The molecule has 0 bridgehead atoms. The Morgan fingerprint density at radius 3 is 2.41 bits per heavy atom. The number of rotatable bonds is 13. The van der Waals surface area contributed by atoms with Gasteiger partial charge in [0.05, 0.1) is 0 Å². The molecular formula is C25H45NO3. The minimum absolute atomic E-state index is 0.0562. The SMILES string of the molecule is C=C/C=C\C(CCC)C(O)(C(=O)OC(CNC)C(C)(C)CCC)C1CCCCC1. The summed E-state index contributed by atoms with van der Waals surface area (Å²) in [4.78, 5) is 13.6. The summed E-state index contributed by atoms with van der Waals surface area (Å²) < 4.78 is 6.12. The van der Waals surface area contributed by atoms with Gasteiger partial charge in [0.25, 0.3) is 0 Å². The zero-order chi connectivity index (χ0) is 21.9. The van der Waals surface area contributed by atoms with E-state index in [0.717, 1.165) is 51.4 Å². The second-order valence-corrected chi connectivity index (χ2v) is 9.37. The molecule has 0 aliphatic heterocycles. The zero-order valence-electron chi connectivity index (χ0n) is 19.5. The van der Waals surface area contributed by atoms with E-state index in [0.29, 0.717) is 6.54 Å². The minimum Gasteiger partial charge on any atom is -0.458 e. The van der Waals surface area contributed by atoms with Gasteiger partial charge in [-0.05, 0) is 38.6 Å². The molecule has 168 valence electrons. The number of carbonyl (C=O) groups is 1. The molecule has 1 saturated carbocycles. The van der Waals surface area contributed by atoms with Gasteiger partial charge >= 0.3 is 5.97 Å². The van der Waals surface area contributed by atoms with Gasteiger partial charge in [0, 0.05) is 17.9 Å². The topological polar surface area (TPSA) is 58.6 Å². The lowest BCUT2D eigenvalue weighted by Crippen LogP contribution is -2.55. The molecule has 1 aliphatic rings. The Morgan fingerprint density at radius 2 is 1.90 bits per heavy atom. The van der Waals surface area contributed by atoms with Crippen LogP contribution in [0, 0.1) is 17.3 Å². The van der Waals surface area contributed by atoms with Crippen molar-refractivity contribution in [1.29, 1.82) is 0 Å². The monoisotopic (exact) mass is 407 g/mol. The third-order valence-corrected chi connectivity index (χ3v) is 6.60. The summed E-state index contributed by atoms with van der Waals surface area (Å²) in [5.41, 5.74) is -1.64. The molecule has 4 nitrogen and oxygen atoms in total. The fraction of sp³-hybridized carbons (Fsp3) is 0.800. The molecular weight excluding hydrogens is 362 g/mol. The van der Waals surface area contributed by atoms with E-state index >= 15 is 0 Å². The summed E-state index contributed by atoms with van der Waals surface area (Å²) in [6.45, 7) is 12.9. The molecule has 0 amide bonds. The van der Waals surface area contributed by atoms with Crippen molar-refractivity contribution in [2.45, 2.75) is 97.2 Å². The number of likely N-dealkylation sites (N-methyl/N-ethyl adjacent to an activating group) is 1. The molecule has 0 spiro atoms. The van der Waals surface area contributed by atoms with Crippen molar-refractivity contribution in [3.63, 3.8) is 0 Å². The fourth-order valence-corrected chi connectivity index (χ4v) is 4.84. The Bertz CT molecular complexity index is 522. The molecule has 0 heterocycles. The number of aliphatic hydroxyl groups is 1. The van der Waals surface area contributed by atoms with Crippen molar-refractivity contribution in [2.24, 2.45) is 17.3 Å². The highest BCUT2D eigenvalue weighted by molar-refractivity contribution is 5.81. The zero-order valence-corrected chi connectivity index (χ0v) is 19.5. The van der Waals surface area contributed by atoms with Crippen molar-refractivity contribution in [2.75, 3.05) is 13.6 Å². The molecule has 1 fully saturated rings. The van der Waals surface area contributed by atoms with Gasteiger partial charge < -0.3 is 15.2 Å². The fourth-order valence-electron chi connectivity index (χ4n) is 4.84. The Morgan fingerprint density at radius 1 is 1.24 bits per heavy atom. The van der Waals surface area contributed by atoms with Gasteiger partial charge in [0.1, 0.15) is 6.10 Å². The number of hydrogen-bond donors (Lipinski definition) is 2. The second kappa shape index (κ2) is 12.5. The lowest BCUT2D eigenvalue weighted by Gasteiger charge is -2.43. The maximum atomic E-state index is 13.6. The number of ether oxygens (including phenoxy) is 1. The molecule has 1 rings (SSSR count). The standard InChI is InChI=1S/C25H45NO3/c1-7-10-15-20(14-8-2)25(28,21-16-12-11-13-17-21)23(27)29-22(19-26-6)24(4,5)18-9-3/h7,10,15,20-22,26,28H,1,8-9,11-14,16-19H2,2-6H3/b15-10-. The van der Waals surface area contributed by atoms with Gasteiger partial charge in [-0.3, -0.25) is 0 Å². The normalized spacial score (nSPS) is 20.2. The first-order valence-corrected chi connectivity index (χ1v) is 11.6. The predicted molar refractivity (Wildman–Crippen MR) is 122 cm³/mol. The quantitative estimate of drug-likeness (QED) is 0.316. The van der Waals surface area contributed by atoms with Crippen molar-refractivity contribution >= 4 is 5.97 Å². The largest absolute Gasteiger partial charge is 0.458 e. The van der Waals surface area contributed by atoms with Gasteiger partial charge in [-0.2, -0.15) is 0 Å². The summed E-state index contributed by atoms with van der Waals surface area (Å²) >= 11 is 0. The average molecular weight is 408 g/mol. The van der Waals surface area contributed by atoms with Crippen LogP contribution < -0.4 is 5.32 Å². The first-order chi connectivity index (χ1) is 13.8. The molecule has 0 radical (unpaired) electrons. The molecule has 4 heteroatoms. The number of allylic oxidation sites excluding steroid dienone is 2. The van der Waals surface area contributed by atoms with Crippen LogP contribution in [-0.4, -0.2) is 36.4 Å². The highest BCUT2D eigenvalue weighted by Gasteiger charge is 2.51. The molecule has 0 aromatic heterocycles. The van der Waals surface area contributed by atoms with E-state index in [1.165, 1.54) is 6.42 Å². The van der Waals surface area contributed by atoms with Crippen molar-refractivity contribution in [1.82, 2.24) is 5.32 Å². The van der Waals surface area contributed by atoms with E-state index in [9.17, 15) is 9.90 Å². The lowest BCUT2D eigenvalue weighted by molar-refractivity contribution is -0.191. The van der Waals surface area contributed by atoms with Crippen molar-refractivity contribution in [3.05, 3.63) is 24.8 Å². The van der Waals surface area contributed by atoms with E-state index in [4.69, 9.17) is 4.74 Å². The molecule has 3 unspecified atom stereocenters. The third-order valence-electron chi connectivity index (χ3n) is 6.60. The number of nitrogens with one attached hydrogen (secondary N) is 1. The van der Waals surface area contributed by atoms with Crippen LogP contribution in [0.15, 0.2) is 24.8 Å². The van der Waals surface area contributed by atoms with E-state index < -0.39 is 11.6 Å². The van der Waals surface area contributed by atoms with Crippen LogP contribution in [-0.2, 0) is 9.53 Å².